The zero-order chi connectivity index (χ0) is 15.5. The van der Waals surface area contributed by atoms with Crippen molar-refractivity contribution in [2.75, 3.05) is 19.6 Å². The van der Waals surface area contributed by atoms with E-state index in [-0.39, 0.29) is 12.6 Å². The van der Waals surface area contributed by atoms with Gasteiger partial charge in [0.2, 0.25) is 0 Å². The number of likely N-dealkylation sites (tertiary alicyclic amines) is 1. The van der Waals surface area contributed by atoms with Gasteiger partial charge in [0.1, 0.15) is 11.6 Å². The smallest absolute Gasteiger partial charge is 0.310 e. The van der Waals surface area contributed by atoms with Crippen LogP contribution in [0.1, 0.15) is 18.4 Å². The Bertz CT molecular complexity index is 467. The molecule has 0 saturated carbocycles. The van der Waals surface area contributed by atoms with Gasteiger partial charge in [-0.3, -0.25) is 4.90 Å². The lowest BCUT2D eigenvalue weighted by Crippen LogP contribution is -2.45. The third kappa shape index (κ3) is 5.24. The van der Waals surface area contributed by atoms with Crippen LogP contribution in [-0.2, 0) is 6.54 Å². The van der Waals surface area contributed by atoms with Gasteiger partial charge in [-0.1, -0.05) is 6.07 Å². The number of piperidine rings is 1. The van der Waals surface area contributed by atoms with Crippen LogP contribution < -0.4 is 5.32 Å². The molecule has 1 N–H and O–H groups in total. The summed E-state index contributed by atoms with van der Waals surface area (Å²) >= 11 is 0. The van der Waals surface area contributed by atoms with Crippen molar-refractivity contribution in [3.63, 3.8) is 0 Å². The molecule has 1 aliphatic heterocycles. The van der Waals surface area contributed by atoms with Crippen molar-refractivity contribution in [1.29, 1.82) is 0 Å². The molecule has 0 unspecified atom stereocenters. The lowest BCUT2D eigenvalue weighted by molar-refractivity contribution is -0.148. The first kappa shape index (κ1) is 16.2. The Balaban J connectivity index is 1.76. The minimum atomic E-state index is -4.17. The van der Waals surface area contributed by atoms with Crippen LogP contribution in [0, 0.1) is 11.6 Å². The molecule has 0 atom stereocenters. The fourth-order valence-corrected chi connectivity index (χ4v) is 2.47. The van der Waals surface area contributed by atoms with E-state index in [1.165, 1.54) is 17.0 Å². The van der Waals surface area contributed by atoms with Gasteiger partial charge in [-0.05, 0) is 32.0 Å². The second-order valence-corrected chi connectivity index (χ2v) is 5.28. The average molecular weight is 308 g/mol. The molecule has 2 rings (SSSR count). The van der Waals surface area contributed by atoms with Gasteiger partial charge in [0.05, 0.1) is 6.54 Å². The fourth-order valence-electron chi connectivity index (χ4n) is 2.47. The summed E-state index contributed by atoms with van der Waals surface area (Å²) in [6.07, 6.45) is -3.00. The van der Waals surface area contributed by atoms with Crippen molar-refractivity contribution in [1.82, 2.24) is 10.2 Å². The predicted molar refractivity (Wildman–Crippen MR) is 68.7 cm³/mol. The summed E-state index contributed by atoms with van der Waals surface area (Å²) in [5.74, 6) is -1.24. The molecule has 0 aromatic heterocycles. The van der Waals surface area contributed by atoms with E-state index in [0.29, 0.717) is 31.5 Å². The van der Waals surface area contributed by atoms with Gasteiger partial charge < -0.3 is 5.32 Å². The number of alkyl halides is 3. The second-order valence-electron chi connectivity index (χ2n) is 5.28. The number of rotatable bonds is 4. The maximum absolute atomic E-state index is 13.4. The number of hydrogen-bond acceptors (Lipinski definition) is 2. The van der Waals surface area contributed by atoms with Gasteiger partial charge in [0, 0.05) is 24.2 Å². The Labute approximate surface area is 119 Å². The van der Waals surface area contributed by atoms with Gasteiger partial charge in [-0.25, -0.2) is 8.78 Å². The van der Waals surface area contributed by atoms with E-state index in [9.17, 15) is 22.0 Å². The highest BCUT2D eigenvalue weighted by Gasteiger charge is 2.32. The molecule has 1 aromatic rings. The molecule has 1 saturated heterocycles. The van der Waals surface area contributed by atoms with Crippen LogP contribution in [0.15, 0.2) is 18.2 Å². The molecule has 1 heterocycles. The molecule has 1 fully saturated rings. The maximum atomic E-state index is 13.4. The summed E-state index contributed by atoms with van der Waals surface area (Å²) in [6.45, 7) is 0.0918. The van der Waals surface area contributed by atoms with Crippen molar-refractivity contribution in [3.8, 4) is 0 Å². The van der Waals surface area contributed by atoms with Gasteiger partial charge >= 0.3 is 6.18 Å². The zero-order valence-corrected chi connectivity index (χ0v) is 11.4. The Hall–Kier alpha value is -1.21. The summed E-state index contributed by atoms with van der Waals surface area (Å²) in [7, 11) is 0. The maximum Gasteiger partial charge on any atom is 0.401 e. The summed E-state index contributed by atoms with van der Waals surface area (Å²) < 4.78 is 63.0. The molecule has 0 spiro atoms. The van der Waals surface area contributed by atoms with Gasteiger partial charge in [-0.15, -0.1) is 0 Å². The molecule has 0 aliphatic carbocycles. The molecular weight excluding hydrogens is 291 g/mol. The first-order valence-electron chi connectivity index (χ1n) is 6.80. The van der Waals surface area contributed by atoms with Crippen LogP contribution in [0.25, 0.3) is 0 Å². The van der Waals surface area contributed by atoms with E-state index in [1.54, 1.807) is 0 Å². The summed E-state index contributed by atoms with van der Waals surface area (Å²) in [6, 6.07) is 3.43. The van der Waals surface area contributed by atoms with Crippen LogP contribution in [0.5, 0.6) is 0 Å². The standard InChI is InChI=1S/C14H17F5N2/c15-11-2-1-10(13(16)7-11)8-20-12-3-5-21(6-4-12)9-14(17,18)19/h1-2,7,12,20H,3-6,8-9H2. The molecule has 118 valence electrons. The minimum Gasteiger partial charge on any atom is -0.310 e. The molecular formula is C14H17F5N2. The predicted octanol–water partition coefficient (Wildman–Crippen LogP) is 3.08. The fraction of sp³-hybridized carbons (Fsp3) is 0.571. The number of nitrogens with zero attached hydrogens (tertiary/aromatic N) is 1. The Morgan fingerprint density at radius 3 is 2.38 bits per heavy atom. The highest BCUT2D eigenvalue weighted by atomic mass is 19.4. The highest BCUT2D eigenvalue weighted by Crippen LogP contribution is 2.20. The molecule has 1 aliphatic rings. The van der Waals surface area contributed by atoms with E-state index in [2.05, 4.69) is 5.32 Å². The van der Waals surface area contributed by atoms with E-state index in [0.717, 1.165) is 6.07 Å². The minimum absolute atomic E-state index is 0.0546. The van der Waals surface area contributed by atoms with Crippen LogP contribution >= 0.6 is 0 Å². The molecule has 7 heteroatoms. The van der Waals surface area contributed by atoms with Crippen molar-refractivity contribution >= 4 is 0 Å². The van der Waals surface area contributed by atoms with E-state index < -0.39 is 24.4 Å². The monoisotopic (exact) mass is 308 g/mol. The van der Waals surface area contributed by atoms with Crippen LogP contribution in [0.4, 0.5) is 22.0 Å². The van der Waals surface area contributed by atoms with Crippen molar-refractivity contribution < 1.29 is 22.0 Å². The quantitative estimate of drug-likeness (QED) is 0.860. The molecule has 0 radical (unpaired) electrons. The molecule has 1 aromatic carbocycles. The zero-order valence-electron chi connectivity index (χ0n) is 11.4. The lowest BCUT2D eigenvalue weighted by Gasteiger charge is -2.32. The topological polar surface area (TPSA) is 15.3 Å². The normalized spacial score (nSPS) is 18.1. The molecule has 2 nitrogen and oxygen atoms in total. The number of benzene rings is 1. The summed E-state index contributed by atoms with van der Waals surface area (Å²) in [5, 5.41) is 3.11. The van der Waals surface area contributed by atoms with Crippen LogP contribution in [0.3, 0.4) is 0 Å². The average Bonchev–Trinajstić information content (AvgIpc) is 2.38. The first-order chi connectivity index (χ1) is 9.83. The summed E-state index contributed by atoms with van der Waals surface area (Å²) in [4.78, 5) is 1.37. The number of halogens is 5. The summed E-state index contributed by atoms with van der Waals surface area (Å²) in [5.41, 5.74) is 0.356. The third-order valence-corrected chi connectivity index (χ3v) is 3.59. The molecule has 0 amide bonds. The lowest BCUT2D eigenvalue weighted by atomic mass is 10.0. The first-order valence-corrected chi connectivity index (χ1v) is 6.80. The third-order valence-electron chi connectivity index (χ3n) is 3.59. The Morgan fingerprint density at radius 2 is 1.81 bits per heavy atom. The van der Waals surface area contributed by atoms with E-state index in [1.807, 2.05) is 0 Å². The highest BCUT2D eigenvalue weighted by molar-refractivity contribution is 5.18. The van der Waals surface area contributed by atoms with Crippen LogP contribution in [0.2, 0.25) is 0 Å². The largest absolute Gasteiger partial charge is 0.401 e. The Kier molecular flexibility index (Phi) is 5.16. The van der Waals surface area contributed by atoms with Gasteiger partial charge in [-0.2, -0.15) is 13.2 Å². The molecule has 0 bridgehead atoms. The van der Waals surface area contributed by atoms with E-state index in [4.69, 9.17) is 0 Å². The van der Waals surface area contributed by atoms with Crippen LogP contribution in [-0.4, -0.2) is 36.8 Å². The number of hydrogen-bond donors (Lipinski definition) is 1. The van der Waals surface area contributed by atoms with Crippen molar-refractivity contribution in [2.24, 2.45) is 0 Å². The molecule has 21 heavy (non-hydrogen) atoms. The number of nitrogens with one attached hydrogen (secondary N) is 1. The van der Waals surface area contributed by atoms with Gasteiger partial charge in [0.15, 0.2) is 0 Å². The second kappa shape index (κ2) is 6.70. The van der Waals surface area contributed by atoms with E-state index >= 15 is 0 Å². The van der Waals surface area contributed by atoms with Crippen molar-refractivity contribution in [2.45, 2.75) is 31.6 Å². The Morgan fingerprint density at radius 1 is 1.14 bits per heavy atom. The SMILES string of the molecule is Fc1ccc(CNC2CCN(CC(F)(F)F)CC2)c(F)c1. The van der Waals surface area contributed by atoms with Gasteiger partial charge in [0.25, 0.3) is 0 Å². The van der Waals surface area contributed by atoms with Crippen molar-refractivity contribution in [3.05, 3.63) is 35.4 Å².